The summed E-state index contributed by atoms with van der Waals surface area (Å²) in [5.41, 5.74) is 0. The van der Waals surface area contributed by atoms with Crippen LogP contribution >= 0.6 is 7.82 Å². The molecule has 0 aliphatic rings. The van der Waals surface area contributed by atoms with E-state index in [4.69, 9.17) is 18.5 Å². The number of phosphoric ester groups is 1. The van der Waals surface area contributed by atoms with Gasteiger partial charge in [0.1, 0.15) is 19.8 Å². The van der Waals surface area contributed by atoms with Gasteiger partial charge in [-0.2, -0.15) is 0 Å². The standard InChI is InChI=1S/C32H64NO8P/c1-6-8-10-12-13-14-15-16-17-18-19-21-22-24-31(34)38-28-30(41-32(35)25-23-20-11-9-7-2)29-40-42(36,37)39-27-26-33(3,4)5/h30H,6-29H2,1-5H3/p+1/t30-/m1/s1. The van der Waals surface area contributed by atoms with Crippen LogP contribution in [0.4, 0.5) is 0 Å². The molecule has 0 bridgehead atoms. The lowest BCUT2D eigenvalue weighted by Gasteiger charge is -2.24. The summed E-state index contributed by atoms with van der Waals surface area (Å²) in [6.07, 6.45) is 20.5. The summed E-state index contributed by atoms with van der Waals surface area (Å²) in [4.78, 5) is 34.7. The molecule has 1 unspecified atom stereocenters. The first-order chi connectivity index (χ1) is 20.0. The molecule has 0 aromatic carbocycles. The number of unbranched alkanes of at least 4 members (excludes halogenated alkanes) is 16. The molecule has 0 fully saturated rings. The van der Waals surface area contributed by atoms with Gasteiger partial charge in [0, 0.05) is 12.8 Å². The quantitative estimate of drug-likeness (QED) is 0.0370. The van der Waals surface area contributed by atoms with Crippen LogP contribution in [-0.2, 0) is 32.7 Å². The second-order valence-corrected chi connectivity index (χ2v) is 14.0. The van der Waals surface area contributed by atoms with Crippen molar-refractivity contribution < 1.29 is 42.1 Å². The van der Waals surface area contributed by atoms with E-state index in [1.54, 1.807) is 0 Å². The lowest BCUT2D eigenvalue weighted by atomic mass is 10.0. The van der Waals surface area contributed by atoms with Crippen LogP contribution in [0.2, 0.25) is 0 Å². The highest BCUT2D eigenvalue weighted by Crippen LogP contribution is 2.43. The third-order valence-corrected chi connectivity index (χ3v) is 8.12. The zero-order valence-electron chi connectivity index (χ0n) is 27.7. The second-order valence-electron chi connectivity index (χ2n) is 12.6. The van der Waals surface area contributed by atoms with Gasteiger partial charge in [-0.25, -0.2) is 4.57 Å². The smallest absolute Gasteiger partial charge is 0.462 e. The van der Waals surface area contributed by atoms with Gasteiger partial charge in [0.05, 0.1) is 27.7 Å². The van der Waals surface area contributed by atoms with Crippen LogP contribution in [0, 0.1) is 0 Å². The average Bonchev–Trinajstić information content (AvgIpc) is 2.91. The van der Waals surface area contributed by atoms with E-state index < -0.39 is 26.5 Å². The van der Waals surface area contributed by atoms with E-state index in [0.29, 0.717) is 23.9 Å². The summed E-state index contributed by atoms with van der Waals surface area (Å²) in [6, 6.07) is 0. The predicted octanol–water partition coefficient (Wildman–Crippen LogP) is 8.12. The van der Waals surface area contributed by atoms with E-state index in [-0.39, 0.29) is 25.6 Å². The topological polar surface area (TPSA) is 108 Å². The molecule has 0 aliphatic heterocycles. The zero-order chi connectivity index (χ0) is 31.5. The van der Waals surface area contributed by atoms with Crippen LogP contribution in [0.5, 0.6) is 0 Å². The molecule has 2 atom stereocenters. The van der Waals surface area contributed by atoms with Crippen LogP contribution in [0.1, 0.15) is 142 Å². The van der Waals surface area contributed by atoms with Gasteiger partial charge in [-0.15, -0.1) is 0 Å². The normalized spacial score (nSPS) is 14.0. The largest absolute Gasteiger partial charge is 0.472 e. The van der Waals surface area contributed by atoms with Crippen LogP contribution in [0.15, 0.2) is 0 Å². The van der Waals surface area contributed by atoms with Gasteiger partial charge in [0.2, 0.25) is 0 Å². The van der Waals surface area contributed by atoms with E-state index in [1.165, 1.54) is 64.2 Å². The van der Waals surface area contributed by atoms with Crippen LogP contribution in [0.3, 0.4) is 0 Å². The zero-order valence-corrected chi connectivity index (χ0v) is 28.6. The van der Waals surface area contributed by atoms with Gasteiger partial charge < -0.3 is 18.9 Å². The monoisotopic (exact) mass is 622 g/mol. The number of hydrogen-bond acceptors (Lipinski definition) is 7. The van der Waals surface area contributed by atoms with Crippen LogP contribution in [0.25, 0.3) is 0 Å². The fraction of sp³-hybridized carbons (Fsp3) is 0.938. The summed E-state index contributed by atoms with van der Waals surface area (Å²) in [7, 11) is 1.48. The fourth-order valence-corrected chi connectivity index (χ4v) is 5.17. The molecule has 10 heteroatoms. The Kier molecular flexibility index (Phi) is 25.8. The van der Waals surface area contributed by atoms with Crippen molar-refractivity contribution >= 4 is 19.8 Å². The van der Waals surface area contributed by atoms with Crippen LogP contribution in [-0.4, -0.2) is 74.9 Å². The second kappa shape index (κ2) is 26.4. The maximum absolute atomic E-state index is 12.4. The summed E-state index contributed by atoms with van der Waals surface area (Å²) < 4.78 is 33.8. The number of ether oxygens (including phenoxy) is 2. The molecule has 0 heterocycles. The number of nitrogens with zero attached hydrogens (tertiary/aromatic N) is 1. The molecular formula is C32H65NO8P+. The highest BCUT2D eigenvalue weighted by Gasteiger charge is 2.27. The first-order valence-electron chi connectivity index (χ1n) is 16.8. The minimum Gasteiger partial charge on any atom is -0.462 e. The molecule has 0 saturated heterocycles. The maximum Gasteiger partial charge on any atom is 0.472 e. The van der Waals surface area contributed by atoms with E-state index in [2.05, 4.69) is 13.8 Å². The number of carbonyl (C=O) groups excluding carboxylic acids is 2. The molecule has 0 radical (unpaired) electrons. The van der Waals surface area contributed by atoms with Crippen molar-refractivity contribution in [2.75, 3.05) is 47.5 Å². The minimum absolute atomic E-state index is 0.0353. The number of quaternary nitrogens is 1. The summed E-state index contributed by atoms with van der Waals surface area (Å²) in [5.74, 6) is -0.809. The predicted molar refractivity (Wildman–Crippen MR) is 169 cm³/mol. The van der Waals surface area contributed by atoms with Gasteiger partial charge in [0.25, 0.3) is 0 Å². The molecule has 9 nitrogen and oxygen atoms in total. The van der Waals surface area contributed by atoms with E-state index in [9.17, 15) is 19.0 Å². The van der Waals surface area contributed by atoms with Crippen molar-refractivity contribution in [2.45, 2.75) is 148 Å². The Balaban J connectivity index is 4.34. The summed E-state index contributed by atoms with van der Waals surface area (Å²) in [6.45, 7) is 4.31. The first kappa shape index (κ1) is 41.0. The molecule has 0 aromatic heterocycles. The molecule has 0 aromatic rings. The Hall–Kier alpha value is -0.990. The molecule has 1 N–H and O–H groups in total. The van der Waals surface area contributed by atoms with Gasteiger partial charge in [-0.1, -0.05) is 117 Å². The molecule has 0 saturated carbocycles. The highest BCUT2D eigenvalue weighted by molar-refractivity contribution is 7.47. The number of hydrogen-bond donors (Lipinski definition) is 1. The van der Waals surface area contributed by atoms with Crippen molar-refractivity contribution in [3.8, 4) is 0 Å². The molecule has 0 spiro atoms. The summed E-state index contributed by atoms with van der Waals surface area (Å²) >= 11 is 0. The van der Waals surface area contributed by atoms with Gasteiger partial charge in [-0.05, 0) is 12.8 Å². The third-order valence-electron chi connectivity index (χ3n) is 7.14. The Morgan fingerprint density at radius 3 is 1.52 bits per heavy atom. The van der Waals surface area contributed by atoms with Gasteiger partial charge in [0.15, 0.2) is 6.10 Å². The molecule has 250 valence electrons. The molecule has 0 rings (SSSR count). The van der Waals surface area contributed by atoms with Crippen LogP contribution < -0.4 is 0 Å². The Labute approximate surface area is 257 Å². The number of esters is 2. The van der Waals surface area contributed by atoms with Gasteiger partial charge in [-0.3, -0.25) is 18.6 Å². The highest BCUT2D eigenvalue weighted by atomic mass is 31.2. The number of likely N-dealkylation sites (N-methyl/N-ethyl adjacent to an activating group) is 1. The minimum atomic E-state index is -4.34. The lowest BCUT2D eigenvalue weighted by molar-refractivity contribution is -0.870. The van der Waals surface area contributed by atoms with Gasteiger partial charge >= 0.3 is 19.8 Å². The number of phosphoric acid groups is 1. The third kappa shape index (κ3) is 29.1. The number of rotatable bonds is 30. The molecule has 42 heavy (non-hydrogen) atoms. The summed E-state index contributed by atoms with van der Waals surface area (Å²) in [5, 5.41) is 0. The van der Waals surface area contributed by atoms with Crippen molar-refractivity contribution in [2.24, 2.45) is 0 Å². The van der Waals surface area contributed by atoms with Crippen molar-refractivity contribution in [1.82, 2.24) is 0 Å². The van der Waals surface area contributed by atoms with E-state index in [1.807, 2.05) is 21.1 Å². The fourth-order valence-electron chi connectivity index (χ4n) is 4.42. The Morgan fingerprint density at radius 2 is 1.07 bits per heavy atom. The molecular weight excluding hydrogens is 557 g/mol. The lowest BCUT2D eigenvalue weighted by Crippen LogP contribution is -2.37. The number of carbonyl (C=O) groups is 2. The van der Waals surface area contributed by atoms with E-state index >= 15 is 0 Å². The van der Waals surface area contributed by atoms with Crippen molar-refractivity contribution in [3.05, 3.63) is 0 Å². The average molecular weight is 623 g/mol. The Morgan fingerprint density at radius 1 is 0.643 bits per heavy atom. The molecule has 0 amide bonds. The SMILES string of the molecule is CCCCCCCCCCCCCCCC(=O)OC[C@H](COP(=O)(O)OCC[N+](C)(C)C)OC(=O)CCCCCCC. The van der Waals surface area contributed by atoms with E-state index in [0.717, 1.165) is 44.9 Å². The van der Waals surface area contributed by atoms with Crippen molar-refractivity contribution in [1.29, 1.82) is 0 Å². The van der Waals surface area contributed by atoms with Crippen molar-refractivity contribution in [3.63, 3.8) is 0 Å². The first-order valence-corrected chi connectivity index (χ1v) is 18.3. The maximum atomic E-state index is 12.4. The Bertz CT molecular complexity index is 713. The molecule has 0 aliphatic carbocycles.